The summed E-state index contributed by atoms with van der Waals surface area (Å²) in [5, 5.41) is 0. The lowest BCUT2D eigenvalue weighted by Gasteiger charge is -2.15. The Labute approximate surface area is 413 Å². The first-order chi connectivity index (χ1) is 32.3. The number of unbranched alkanes of at least 4 members (excludes halogenated alkanes) is 50. The summed E-state index contributed by atoms with van der Waals surface area (Å²) >= 11 is 0. The Hall–Kier alpha value is -0.780. The zero-order chi connectivity index (χ0) is 46.5. The topological polar surface area (TPSA) is 0 Å². The molecule has 384 valence electrons. The highest BCUT2D eigenvalue weighted by molar-refractivity contribution is 5.36. The Kier molecular flexibility index (Phi) is 51.9. The SMILES string of the molecule is CCCCCCCCCCCCCCCCCCCCCCCCCCCCc1cccc(CCCCCCCCCCCCCCCCCCCCCCCCCCCC)c1CCC. The zero-order valence-corrected chi connectivity index (χ0v) is 45.8. The smallest absolute Gasteiger partial charge is 0.0276 e. The van der Waals surface area contributed by atoms with Crippen molar-refractivity contribution in [2.45, 2.75) is 380 Å². The Morgan fingerprint density at radius 3 is 0.523 bits per heavy atom. The third-order valence-corrected chi connectivity index (χ3v) is 15.5. The van der Waals surface area contributed by atoms with Gasteiger partial charge < -0.3 is 0 Å². The Bertz CT molecular complexity index is 931. The molecule has 0 spiro atoms. The van der Waals surface area contributed by atoms with Crippen molar-refractivity contribution in [3.63, 3.8) is 0 Å². The lowest BCUT2D eigenvalue weighted by molar-refractivity contribution is 0.515. The molecule has 0 aromatic heterocycles. The molecule has 0 amide bonds. The fourth-order valence-electron chi connectivity index (χ4n) is 11.0. The molecule has 0 fully saturated rings. The number of benzene rings is 1. The van der Waals surface area contributed by atoms with E-state index >= 15 is 0 Å². The van der Waals surface area contributed by atoms with E-state index in [1.165, 1.54) is 360 Å². The van der Waals surface area contributed by atoms with Crippen LogP contribution in [-0.4, -0.2) is 0 Å². The summed E-state index contributed by atoms with van der Waals surface area (Å²) in [6.07, 6.45) is 81.6. The molecule has 0 unspecified atom stereocenters. The van der Waals surface area contributed by atoms with Crippen LogP contribution in [0.4, 0.5) is 0 Å². The van der Waals surface area contributed by atoms with Gasteiger partial charge in [0.1, 0.15) is 0 Å². The van der Waals surface area contributed by atoms with Gasteiger partial charge in [0.25, 0.3) is 0 Å². The molecule has 0 saturated heterocycles. The predicted molar refractivity (Wildman–Crippen MR) is 299 cm³/mol. The molecule has 0 N–H and O–H groups in total. The fourth-order valence-corrected chi connectivity index (χ4v) is 11.0. The summed E-state index contributed by atoms with van der Waals surface area (Å²) < 4.78 is 0. The van der Waals surface area contributed by atoms with Crippen molar-refractivity contribution in [2.24, 2.45) is 0 Å². The average Bonchev–Trinajstić information content (AvgIpc) is 3.32. The minimum atomic E-state index is 1.28. The summed E-state index contributed by atoms with van der Waals surface area (Å²) in [5.74, 6) is 0. The predicted octanol–water partition coefficient (Wildman–Crippen LogP) is 24.0. The molecular formula is C65H124. The van der Waals surface area contributed by atoms with Gasteiger partial charge in [0, 0.05) is 0 Å². The molecule has 0 heteroatoms. The van der Waals surface area contributed by atoms with Gasteiger partial charge in [-0.1, -0.05) is 366 Å². The molecule has 65 heavy (non-hydrogen) atoms. The Morgan fingerprint density at radius 1 is 0.185 bits per heavy atom. The third-order valence-electron chi connectivity index (χ3n) is 15.5. The monoisotopic (exact) mass is 905 g/mol. The fraction of sp³-hybridized carbons (Fsp3) is 0.908. The van der Waals surface area contributed by atoms with Crippen LogP contribution in [0.5, 0.6) is 0 Å². The molecule has 0 aliphatic heterocycles. The van der Waals surface area contributed by atoms with E-state index in [1.54, 1.807) is 16.7 Å². The molecule has 0 aliphatic carbocycles. The largest absolute Gasteiger partial charge is 0.0654 e. The van der Waals surface area contributed by atoms with Crippen LogP contribution in [0.3, 0.4) is 0 Å². The summed E-state index contributed by atoms with van der Waals surface area (Å²) in [6.45, 7) is 7.01. The Balaban J connectivity index is 1.88. The molecule has 0 bridgehead atoms. The zero-order valence-electron chi connectivity index (χ0n) is 45.8. The van der Waals surface area contributed by atoms with Gasteiger partial charge in [0.2, 0.25) is 0 Å². The second-order valence-corrected chi connectivity index (χ2v) is 22.0. The van der Waals surface area contributed by atoms with Crippen LogP contribution in [0.15, 0.2) is 18.2 Å². The van der Waals surface area contributed by atoms with Gasteiger partial charge in [-0.3, -0.25) is 0 Å². The second kappa shape index (κ2) is 54.2. The summed E-state index contributed by atoms with van der Waals surface area (Å²) in [7, 11) is 0. The highest BCUT2D eigenvalue weighted by atomic mass is 14.1. The summed E-state index contributed by atoms with van der Waals surface area (Å²) in [4.78, 5) is 0. The van der Waals surface area contributed by atoms with E-state index < -0.39 is 0 Å². The average molecular weight is 906 g/mol. The van der Waals surface area contributed by atoms with Gasteiger partial charge in [-0.2, -0.15) is 0 Å². The van der Waals surface area contributed by atoms with E-state index in [-0.39, 0.29) is 0 Å². The highest BCUT2D eigenvalue weighted by Crippen LogP contribution is 2.24. The third kappa shape index (κ3) is 45.4. The van der Waals surface area contributed by atoms with Crippen LogP contribution in [-0.2, 0) is 19.3 Å². The molecular weight excluding hydrogens is 781 g/mol. The van der Waals surface area contributed by atoms with E-state index in [0.717, 1.165) is 0 Å². The van der Waals surface area contributed by atoms with Gasteiger partial charge in [0.05, 0.1) is 0 Å². The quantitative estimate of drug-likeness (QED) is 0.0572. The maximum atomic E-state index is 2.47. The van der Waals surface area contributed by atoms with Crippen LogP contribution in [0.1, 0.15) is 378 Å². The van der Waals surface area contributed by atoms with Crippen LogP contribution in [0.25, 0.3) is 0 Å². The van der Waals surface area contributed by atoms with E-state index in [4.69, 9.17) is 0 Å². The number of aryl methyl sites for hydroxylation is 2. The molecule has 0 aliphatic rings. The molecule has 1 aromatic carbocycles. The summed E-state index contributed by atoms with van der Waals surface area (Å²) in [6, 6.07) is 7.32. The standard InChI is InChI=1S/C65H124/c1-4-7-9-11-13-15-17-19-21-23-25-27-29-31-33-35-37-39-41-43-45-47-49-51-53-55-59-63-61-57-62-64(65(63)58-6-3)60-56-54-52-50-48-46-44-42-40-38-36-34-32-30-28-26-24-22-20-18-16-14-12-10-8-5-2/h57,61-62H,4-56,58-60H2,1-3H3. The van der Waals surface area contributed by atoms with Crippen LogP contribution < -0.4 is 0 Å². The second-order valence-electron chi connectivity index (χ2n) is 22.0. The first-order valence-electron chi connectivity index (χ1n) is 31.4. The lowest BCUT2D eigenvalue weighted by Crippen LogP contribution is -2.01. The van der Waals surface area contributed by atoms with E-state index in [0.29, 0.717) is 0 Å². The van der Waals surface area contributed by atoms with Crippen molar-refractivity contribution in [3.8, 4) is 0 Å². The Morgan fingerprint density at radius 2 is 0.354 bits per heavy atom. The van der Waals surface area contributed by atoms with Gasteiger partial charge in [-0.25, -0.2) is 0 Å². The molecule has 0 atom stereocenters. The van der Waals surface area contributed by atoms with Crippen molar-refractivity contribution in [1.29, 1.82) is 0 Å². The first-order valence-corrected chi connectivity index (χ1v) is 31.4. The minimum Gasteiger partial charge on any atom is -0.0654 e. The maximum absolute atomic E-state index is 2.47. The van der Waals surface area contributed by atoms with E-state index in [9.17, 15) is 0 Å². The van der Waals surface area contributed by atoms with Gasteiger partial charge in [-0.15, -0.1) is 0 Å². The molecule has 0 heterocycles. The van der Waals surface area contributed by atoms with Gasteiger partial charge in [-0.05, 0) is 48.8 Å². The molecule has 0 nitrogen and oxygen atoms in total. The van der Waals surface area contributed by atoms with Crippen molar-refractivity contribution < 1.29 is 0 Å². The maximum Gasteiger partial charge on any atom is -0.0276 e. The van der Waals surface area contributed by atoms with E-state index in [1.807, 2.05) is 0 Å². The van der Waals surface area contributed by atoms with Gasteiger partial charge >= 0.3 is 0 Å². The molecule has 0 saturated carbocycles. The first kappa shape index (κ1) is 62.2. The van der Waals surface area contributed by atoms with Crippen molar-refractivity contribution in [2.75, 3.05) is 0 Å². The normalized spacial score (nSPS) is 11.7. The van der Waals surface area contributed by atoms with Crippen LogP contribution in [0, 0.1) is 0 Å². The van der Waals surface area contributed by atoms with Crippen molar-refractivity contribution in [3.05, 3.63) is 34.9 Å². The molecule has 0 radical (unpaired) electrons. The summed E-state index contributed by atoms with van der Waals surface area (Å²) in [5.41, 5.74) is 5.10. The number of hydrogen-bond acceptors (Lipinski definition) is 0. The number of rotatable bonds is 56. The van der Waals surface area contributed by atoms with E-state index in [2.05, 4.69) is 39.0 Å². The highest BCUT2D eigenvalue weighted by Gasteiger charge is 2.08. The van der Waals surface area contributed by atoms with Crippen molar-refractivity contribution >= 4 is 0 Å². The van der Waals surface area contributed by atoms with Crippen molar-refractivity contribution in [1.82, 2.24) is 0 Å². The van der Waals surface area contributed by atoms with Crippen LogP contribution in [0.2, 0.25) is 0 Å². The van der Waals surface area contributed by atoms with Crippen LogP contribution >= 0.6 is 0 Å². The number of hydrogen-bond donors (Lipinski definition) is 0. The molecule has 1 aromatic rings. The molecule has 1 rings (SSSR count). The lowest BCUT2D eigenvalue weighted by atomic mass is 9.91. The minimum absolute atomic E-state index is 1.28. The van der Waals surface area contributed by atoms with Gasteiger partial charge in [0.15, 0.2) is 0 Å².